The molecule has 1 atom stereocenters. The lowest BCUT2D eigenvalue weighted by Gasteiger charge is -2.33. The van der Waals surface area contributed by atoms with E-state index in [-0.39, 0.29) is 30.1 Å². The second-order valence-electron chi connectivity index (χ2n) is 9.52. The highest BCUT2D eigenvalue weighted by Crippen LogP contribution is 2.34. The molecule has 0 spiro atoms. The molecule has 1 N–H and O–H groups in total. The fourth-order valence-corrected chi connectivity index (χ4v) is 5.32. The van der Waals surface area contributed by atoms with Crippen LogP contribution in [0.3, 0.4) is 0 Å². The van der Waals surface area contributed by atoms with E-state index in [4.69, 9.17) is 9.47 Å². The number of aromatic nitrogens is 2. The molecule has 1 heterocycles. The van der Waals surface area contributed by atoms with Gasteiger partial charge in [0.25, 0.3) is 5.91 Å². The van der Waals surface area contributed by atoms with Crippen LogP contribution in [0.1, 0.15) is 70.9 Å². The van der Waals surface area contributed by atoms with Gasteiger partial charge in [0.15, 0.2) is 17.2 Å². The largest absolute Gasteiger partial charge is 0.493 e. The highest BCUT2D eigenvalue weighted by Gasteiger charge is 2.35. The maximum atomic E-state index is 14.0. The van der Waals surface area contributed by atoms with Gasteiger partial charge in [-0.15, -0.1) is 0 Å². The summed E-state index contributed by atoms with van der Waals surface area (Å²) in [5, 5.41) is 3.24. The SMILES string of the molecule is COc1ccc([C@@H](C(=O)NC2CCCCC2)N(Cc2ccc(C)cc2C)C(=O)c2cnsn2)cc1OC. The van der Waals surface area contributed by atoms with Crippen molar-refractivity contribution in [3.8, 4) is 11.5 Å². The van der Waals surface area contributed by atoms with Crippen LogP contribution in [0.15, 0.2) is 42.6 Å². The van der Waals surface area contributed by atoms with Crippen LogP contribution < -0.4 is 14.8 Å². The molecule has 9 heteroatoms. The number of hydrogen-bond donors (Lipinski definition) is 1. The summed E-state index contributed by atoms with van der Waals surface area (Å²) in [5.41, 5.74) is 3.98. The first kappa shape index (κ1) is 26.6. The molecule has 1 aliphatic carbocycles. The van der Waals surface area contributed by atoms with E-state index in [0.717, 1.165) is 54.1 Å². The Morgan fingerprint density at radius 3 is 2.46 bits per heavy atom. The van der Waals surface area contributed by atoms with Gasteiger partial charge in [-0.1, -0.05) is 49.1 Å². The molecule has 37 heavy (non-hydrogen) atoms. The quantitative estimate of drug-likeness (QED) is 0.425. The van der Waals surface area contributed by atoms with E-state index in [0.29, 0.717) is 17.1 Å². The standard InChI is InChI=1S/C28H34N4O4S/c1-18-10-11-21(19(2)14-18)17-32(28(34)23-16-29-37-31-23)26(27(33)30-22-8-6-5-7-9-22)20-12-13-24(35-3)25(15-20)36-4/h10-16,22,26H,5-9,17H2,1-4H3,(H,30,33)/t26-/m0/s1. The van der Waals surface area contributed by atoms with Crippen molar-refractivity contribution in [3.05, 3.63) is 70.5 Å². The Labute approximate surface area is 222 Å². The summed E-state index contributed by atoms with van der Waals surface area (Å²) in [6.07, 6.45) is 6.67. The minimum atomic E-state index is -0.906. The normalized spacial score (nSPS) is 14.6. The second-order valence-corrected chi connectivity index (χ2v) is 10.1. The van der Waals surface area contributed by atoms with Gasteiger partial charge in [-0.2, -0.15) is 8.75 Å². The van der Waals surface area contributed by atoms with E-state index in [9.17, 15) is 9.59 Å². The molecule has 3 aromatic rings. The number of methoxy groups -OCH3 is 2. The van der Waals surface area contributed by atoms with Gasteiger partial charge in [0.2, 0.25) is 5.91 Å². The smallest absolute Gasteiger partial charge is 0.276 e. The Kier molecular flexibility index (Phi) is 8.76. The van der Waals surface area contributed by atoms with Crippen LogP contribution in [0.5, 0.6) is 11.5 Å². The third-order valence-electron chi connectivity index (χ3n) is 6.91. The molecule has 1 fully saturated rings. The Balaban J connectivity index is 1.80. The molecular formula is C28H34N4O4S. The Hall–Kier alpha value is -3.46. The average molecular weight is 523 g/mol. The second kappa shape index (κ2) is 12.2. The summed E-state index contributed by atoms with van der Waals surface area (Å²) >= 11 is 0.968. The molecular weight excluding hydrogens is 488 g/mol. The zero-order valence-electron chi connectivity index (χ0n) is 21.8. The van der Waals surface area contributed by atoms with Crippen molar-refractivity contribution in [2.45, 2.75) is 64.6 Å². The fourth-order valence-electron chi connectivity index (χ4n) is 4.92. The van der Waals surface area contributed by atoms with Crippen LogP contribution in [-0.2, 0) is 11.3 Å². The Morgan fingerprint density at radius 1 is 1.05 bits per heavy atom. The lowest BCUT2D eigenvalue weighted by Crippen LogP contribution is -2.47. The summed E-state index contributed by atoms with van der Waals surface area (Å²) in [4.78, 5) is 29.5. The number of aryl methyl sites for hydroxylation is 2. The van der Waals surface area contributed by atoms with Gasteiger partial charge in [0.1, 0.15) is 6.04 Å². The number of nitrogens with zero attached hydrogens (tertiary/aromatic N) is 3. The first-order chi connectivity index (χ1) is 17.9. The van der Waals surface area contributed by atoms with Crippen molar-refractivity contribution in [2.24, 2.45) is 0 Å². The first-order valence-corrected chi connectivity index (χ1v) is 13.3. The van der Waals surface area contributed by atoms with E-state index < -0.39 is 6.04 Å². The molecule has 0 radical (unpaired) electrons. The van der Waals surface area contributed by atoms with Crippen LogP contribution in [0, 0.1) is 13.8 Å². The van der Waals surface area contributed by atoms with Gasteiger partial charge in [-0.3, -0.25) is 9.59 Å². The lowest BCUT2D eigenvalue weighted by atomic mass is 9.94. The van der Waals surface area contributed by atoms with Gasteiger partial charge < -0.3 is 19.7 Å². The Bertz CT molecular complexity index is 1220. The number of rotatable bonds is 9. The molecule has 1 aliphatic rings. The molecule has 0 unspecified atom stereocenters. The molecule has 0 aliphatic heterocycles. The molecule has 0 saturated heterocycles. The number of carbonyl (C=O) groups excluding carboxylic acids is 2. The van der Waals surface area contributed by atoms with Gasteiger partial charge in [0.05, 0.1) is 32.1 Å². The molecule has 1 saturated carbocycles. The summed E-state index contributed by atoms with van der Waals surface area (Å²) in [6.45, 7) is 4.28. The summed E-state index contributed by atoms with van der Waals surface area (Å²) in [6, 6.07) is 10.6. The molecule has 4 rings (SSSR count). The summed E-state index contributed by atoms with van der Waals surface area (Å²) in [7, 11) is 3.12. The van der Waals surface area contributed by atoms with Gasteiger partial charge in [-0.05, 0) is 55.5 Å². The highest BCUT2D eigenvalue weighted by atomic mass is 32.1. The number of amides is 2. The first-order valence-electron chi connectivity index (χ1n) is 12.6. The topological polar surface area (TPSA) is 93.7 Å². The average Bonchev–Trinajstić information content (AvgIpc) is 3.45. The number of carbonyl (C=O) groups is 2. The number of nitrogens with one attached hydrogen (secondary N) is 1. The van der Waals surface area contributed by atoms with Crippen LogP contribution in [-0.4, -0.2) is 45.7 Å². The van der Waals surface area contributed by atoms with Crippen LogP contribution in [0.25, 0.3) is 0 Å². The van der Waals surface area contributed by atoms with E-state index in [2.05, 4.69) is 20.1 Å². The molecule has 8 nitrogen and oxygen atoms in total. The number of benzene rings is 2. The van der Waals surface area contributed by atoms with Crippen LogP contribution >= 0.6 is 11.7 Å². The van der Waals surface area contributed by atoms with Crippen molar-refractivity contribution >= 4 is 23.5 Å². The minimum absolute atomic E-state index is 0.0860. The minimum Gasteiger partial charge on any atom is -0.493 e. The van der Waals surface area contributed by atoms with Gasteiger partial charge in [0, 0.05) is 12.6 Å². The molecule has 1 aromatic heterocycles. The van der Waals surface area contributed by atoms with E-state index in [1.54, 1.807) is 31.3 Å². The number of hydrogen-bond acceptors (Lipinski definition) is 7. The van der Waals surface area contributed by atoms with E-state index in [1.807, 2.05) is 32.0 Å². The molecule has 196 valence electrons. The van der Waals surface area contributed by atoms with Crippen molar-refractivity contribution in [1.82, 2.24) is 19.0 Å². The predicted molar refractivity (Wildman–Crippen MR) is 143 cm³/mol. The molecule has 0 bridgehead atoms. The van der Waals surface area contributed by atoms with Crippen molar-refractivity contribution < 1.29 is 19.1 Å². The maximum Gasteiger partial charge on any atom is 0.276 e. The highest BCUT2D eigenvalue weighted by molar-refractivity contribution is 6.99. The Morgan fingerprint density at radius 2 is 1.81 bits per heavy atom. The zero-order chi connectivity index (χ0) is 26.4. The lowest BCUT2D eigenvalue weighted by molar-refractivity contribution is -0.127. The molecule has 2 aromatic carbocycles. The summed E-state index contributed by atoms with van der Waals surface area (Å²) in [5.74, 6) is 0.464. The van der Waals surface area contributed by atoms with Crippen LogP contribution in [0.4, 0.5) is 0 Å². The predicted octanol–water partition coefficient (Wildman–Crippen LogP) is 5.00. The van der Waals surface area contributed by atoms with E-state index >= 15 is 0 Å². The third kappa shape index (κ3) is 6.28. The summed E-state index contributed by atoms with van der Waals surface area (Å²) < 4.78 is 19.2. The fraction of sp³-hybridized carbons (Fsp3) is 0.429. The van der Waals surface area contributed by atoms with Gasteiger partial charge in [-0.25, -0.2) is 0 Å². The molecule has 2 amide bonds. The van der Waals surface area contributed by atoms with Gasteiger partial charge >= 0.3 is 0 Å². The van der Waals surface area contributed by atoms with Crippen molar-refractivity contribution in [3.63, 3.8) is 0 Å². The number of ether oxygens (including phenoxy) is 2. The monoisotopic (exact) mass is 522 g/mol. The third-order valence-corrected chi connectivity index (χ3v) is 7.39. The van der Waals surface area contributed by atoms with Crippen LogP contribution in [0.2, 0.25) is 0 Å². The zero-order valence-corrected chi connectivity index (χ0v) is 22.6. The van der Waals surface area contributed by atoms with Crippen molar-refractivity contribution in [2.75, 3.05) is 14.2 Å². The van der Waals surface area contributed by atoms with E-state index in [1.165, 1.54) is 12.6 Å². The maximum absolute atomic E-state index is 14.0. The van der Waals surface area contributed by atoms with Crippen molar-refractivity contribution in [1.29, 1.82) is 0 Å².